The van der Waals surface area contributed by atoms with Crippen LogP contribution >= 0.6 is 0 Å². The molecule has 0 aliphatic heterocycles. The van der Waals surface area contributed by atoms with Gasteiger partial charge in [0.25, 0.3) is 0 Å². The molecule has 0 spiro atoms. The third-order valence-electron chi connectivity index (χ3n) is 3.60. The molecule has 100 valence electrons. The van der Waals surface area contributed by atoms with Crippen LogP contribution in [0.15, 0.2) is 24.3 Å². The zero-order chi connectivity index (χ0) is 13.5. The largest absolute Gasteiger partial charge is 0.303 e. The Hall–Kier alpha value is -1.15. The molecule has 1 aromatic rings. The predicted octanol–water partition coefficient (Wildman–Crippen LogP) is 3.69. The Labute approximate surface area is 111 Å². The van der Waals surface area contributed by atoms with Gasteiger partial charge in [0, 0.05) is 24.6 Å². The molecule has 0 bridgehead atoms. The summed E-state index contributed by atoms with van der Waals surface area (Å²) in [6.45, 7) is 7.26. The molecule has 0 amide bonds. The molecule has 0 heterocycles. The number of Topliss-reactive ketones (excluding diaryl/α,β-unsaturated/α-hetero) is 1. The van der Waals surface area contributed by atoms with Crippen LogP contribution in [0.2, 0.25) is 0 Å². The Bertz CT molecular complexity index is 386. The first kappa shape index (κ1) is 14.9. The van der Waals surface area contributed by atoms with Gasteiger partial charge in [-0.15, -0.1) is 0 Å². The van der Waals surface area contributed by atoms with Crippen molar-refractivity contribution in [3.05, 3.63) is 35.4 Å². The zero-order valence-corrected chi connectivity index (χ0v) is 12.1. The quantitative estimate of drug-likeness (QED) is 0.685. The molecule has 1 atom stereocenters. The van der Waals surface area contributed by atoms with Crippen LogP contribution in [0.25, 0.3) is 0 Å². The first-order chi connectivity index (χ1) is 8.56. The van der Waals surface area contributed by atoms with Crippen molar-refractivity contribution in [2.75, 3.05) is 13.6 Å². The van der Waals surface area contributed by atoms with Crippen LogP contribution in [0.3, 0.4) is 0 Å². The lowest BCUT2D eigenvalue weighted by Crippen LogP contribution is -2.31. The number of aryl methyl sites for hydroxylation is 1. The highest BCUT2D eigenvalue weighted by Crippen LogP contribution is 2.11. The van der Waals surface area contributed by atoms with E-state index in [0.717, 1.165) is 17.7 Å². The molecule has 0 radical (unpaired) electrons. The van der Waals surface area contributed by atoms with E-state index in [1.807, 2.05) is 31.2 Å². The van der Waals surface area contributed by atoms with Crippen LogP contribution in [-0.2, 0) is 0 Å². The van der Waals surface area contributed by atoms with E-state index in [1.54, 1.807) is 0 Å². The summed E-state index contributed by atoms with van der Waals surface area (Å²) in [6.07, 6.45) is 2.99. The minimum atomic E-state index is 0.253. The van der Waals surface area contributed by atoms with E-state index in [0.29, 0.717) is 12.5 Å². The van der Waals surface area contributed by atoms with Gasteiger partial charge in [-0.2, -0.15) is 0 Å². The molecular weight excluding hydrogens is 222 g/mol. The molecule has 18 heavy (non-hydrogen) atoms. The highest BCUT2D eigenvalue weighted by atomic mass is 16.1. The lowest BCUT2D eigenvalue weighted by molar-refractivity contribution is 0.0960. The van der Waals surface area contributed by atoms with Gasteiger partial charge in [0.15, 0.2) is 5.78 Å². The molecule has 0 saturated heterocycles. The minimum absolute atomic E-state index is 0.253. The second-order valence-electron chi connectivity index (χ2n) is 5.11. The summed E-state index contributed by atoms with van der Waals surface area (Å²) in [5.41, 5.74) is 1.95. The third kappa shape index (κ3) is 4.26. The lowest BCUT2D eigenvalue weighted by atomic mass is 10.0. The average molecular weight is 247 g/mol. The number of ketones is 1. The van der Waals surface area contributed by atoms with Gasteiger partial charge in [0.1, 0.15) is 0 Å². The summed E-state index contributed by atoms with van der Waals surface area (Å²) in [5.74, 6) is 0.253. The van der Waals surface area contributed by atoms with E-state index < -0.39 is 0 Å². The summed E-state index contributed by atoms with van der Waals surface area (Å²) in [7, 11) is 2.10. The molecule has 2 heteroatoms. The topological polar surface area (TPSA) is 20.3 Å². The van der Waals surface area contributed by atoms with Crippen LogP contribution in [0, 0.1) is 6.92 Å². The van der Waals surface area contributed by atoms with Gasteiger partial charge in [0.05, 0.1) is 0 Å². The summed E-state index contributed by atoms with van der Waals surface area (Å²) in [5, 5.41) is 0. The van der Waals surface area contributed by atoms with Crippen LogP contribution < -0.4 is 0 Å². The van der Waals surface area contributed by atoms with E-state index in [-0.39, 0.29) is 5.78 Å². The number of hydrogen-bond donors (Lipinski definition) is 0. The van der Waals surface area contributed by atoms with Crippen molar-refractivity contribution in [3.63, 3.8) is 0 Å². The molecule has 0 saturated carbocycles. The Kier molecular flexibility index (Phi) is 6.06. The molecule has 0 fully saturated rings. The molecule has 1 rings (SSSR count). The fourth-order valence-corrected chi connectivity index (χ4v) is 2.16. The van der Waals surface area contributed by atoms with Crippen molar-refractivity contribution in [3.8, 4) is 0 Å². The van der Waals surface area contributed by atoms with Gasteiger partial charge >= 0.3 is 0 Å². The SMILES string of the molecule is CCCC(C)N(C)CCC(=O)c1ccccc1C. The molecule has 0 aromatic heterocycles. The van der Waals surface area contributed by atoms with E-state index in [1.165, 1.54) is 12.8 Å². The van der Waals surface area contributed by atoms with Crippen LogP contribution in [0.5, 0.6) is 0 Å². The van der Waals surface area contributed by atoms with Crippen molar-refractivity contribution < 1.29 is 4.79 Å². The number of carbonyl (C=O) groups is 1. The van der Waals surface area contributed by atoms with E-state index >= 15 is 0 Å². The molecule has 1 unspecified atom stereocenters. The monoisotopic (exact) mass is 247 g/mol. The first-order valence-corrected chi connectivity index (χ1v) is 6.85. The average Bonchev–Trinajstić information content (AvgIpc) is 2.36. The van der Waals surface area contributed by atoms with Gasteiger partial charge in [-0.1, -0.05) is 37.6 Å². The minimum Gasteiger partial charge on any atom is -0.303 e. The maximum Gasteiger partial charge on any atom is 0.164 e. The number of nitrogens with zero attached hydrogens (tertiary/aromatic N) is 1. The number of rotatable bonds is 7. The maximum atomic E-state index is 12.1. The van der Waals surface area contributed by atoms with Crippen molar-refractivity contribution in [1.29, 1.82) is 0 Å². The molecule has 0 aliphatic carbocycles. The fraction of sp³-hybridized carbons (Fsp3) is 0.562. The molecule has 0 N–H and O–H groups in total. The Balaban J connectivity index is 2.49. The fourth-order valence-electron chi connectivity index (χ4n) is 2.16. The van der Waals surface area contributed by atoms with Crippen molar-refractivity contribution >= 4 is 5.78 Å². The Morgan fingerprint density at radius 2 is 2.00 bits per heavy atom. The molecule has 1 aromatic carbocycles. The predicted molar refractivity (Wildman–Crippen MR) is 77.1 cm³/mol. The normalized spacial score (nSPS) is 12.7. The Morgan fingerprint density at radius 3 is 2.61 bits per heavy atom. The Morgan fingerprint density at radius 1 is 1.33 bits per heavy atom. The van der Waals surface area contributed by atoms with Crippen LogP contribution in [0.1, 0.15) is 49.0 Å². The first-order valence-electron chi connectivity index (χ1n) is 6.85. The summed E-state index contributed by atoms with van der Waals surface area (Å²) in [6, 6.07) is 8.38. The highest BCUT2D eigenvalue weighted by Gasteiger charge is 2.12. The van der Waals surface area contributed by atoms with Gasteiger partial charge in [-0.25, -0.2) is 0 Å². The zero-order valence-electron chi connectivity index (χ0n) is 12.1. The number of carbonyl (C=O) groups excluding carboxylic acids is 1. The third-order valence-corrected chi connectivity index (χ3v) is 3.60. The second kappa shape index (κ2) is 7.32. The van der Waals surface area contributed by atoms with Crippen LogP contribution in [-0.4, -0.2) is 30.3 Å². The van der Waals surface area contributed by atoms with Crippen molar-refractivity contribution in [2.45, 2.75) is 46.1 Å². The van der Waals surface area contributed by atoms with Gasteiger partial charge in [0.2, 0.25) is 0 Å². The lowest BCUT2D eigenvalue weighted by Gasteiger charge is -2.24. The van der Waals surface area contributed by atoms with Gasteiger partial charge in [-0.3, -0.25) is 4.79 Å². The smallest absolute Gasteiger partial charge is 0.164 e. The van der Waals surface area contributed by atoms with Crippen LogP contribution in [0.4, 0.5) is 0 Å². The van der Waals surface area contributed by atoms with E-state index in [9.17, 15) is 4.79 Å². The summed E-state index contributed by atoms with van der Waals surface area (Å²) >= 11 is 0. The maximum absolute atomic E-state index is 12.1. The standard InChI is InChI=1S/C16H25NO/c1-5-8-14(3)17(4)12-11-16(18)15-10-7-6-9-13(15)2/h6-7,9-10,14H,5,8,11-12H2,1-4H3. The molecular formula is C16H25NO. The highest BCUT2D eigenvalue weighted by molar-refractivity contribution is 5.97. The summed E-state index contributed by atoms with van der Waals surface area (Å²) in [4.78, 5) is 14.4. The molecule has 2 nitrogen and oxygen atoms in total. The second-order valence-corrected chi connectivity index (χ2v) is 5.11. The van der Waals surface area contributed by atoms with Crippen molar-refractivity contribution in [1.82, 2.24) is 4.90 Å². The van der Waals surface area contributed by atoms with Gasteiger partial charge in [-0.05, 0) is 32.9 Å². The number of hydrogen-bond acceptors (Lipinski definition) is 2. The van der Waals surface area contributed by atoms with E-state index in [2.05, 4.69) is 25.8 Å². The summed E-state index contributed by atoms with van der Waals surface area (Å²) < 4.78 is 0. The van der Waals surface area contributed by atoms with Gasteiger partial charge < -0.3 is 4.90 Å². The molecule has 0 aliphatic rings. The number of benzene rings is 1. The van der Waals surface area contributed by atoms with E-state index in [4.69, 9.17) is 0 Å². The van der Waals surface area contributed by atoms with Crippen molar-refractivity contribution in [2.24, 2.45) is 0 Å².